The van der Waals surface area contributed by atoms with Gasteiger partial charge in [0.1, 0.15) is 0 Å². The van der Waals surface area contributed by atoms with Gasteiger partial charge in [0.25, 0.3) is 5.91 Å². The lowest BCUT2D eigenvalue weighted by Crippen LogP contribution is -2.41. The zero-order valence-electron chi connectivity index (χ0n) is 18.4. The lowest BCUT2D eigenvalue weighted by molar-refractivity contribution is -0.121. The largest absolute Gasteiger partial charge is 0.493 e. The van der Waals surface area contributed by atoms with Gasteiger partial charge in [-0.2, -0.15) is 4.98 Å². The van der Waals surface area contributed by atoms with E-state index in [1.54, 1.807) is 42.5 Å². The molecule has 2 N–H and O–H groups in total. The highest BCUT2D eigenvalue weighted by molar-refractivity contribution is 6.30. The van der Waals surface area contributed by atoms with Gasteiger partial charge in [0.2, 0.25) is 17.6 Å². The van der Waals surface area contributed by atoms with E-state index in [4.69, 9.17) is 25.6 Å². The van der Waals surface area contributed by atoms with Crippen LogP contribution in [0, 0.1) is 0 Å². The number of unbranched alkanes of at least 4 members (excludes halogenated alkanes) is 1. The Bertz CT molecular complexity index is 1080. The van der Waals surface area contributed by atoms with Crippen LogP contribution < -0.4 is 20.3 Å². The number of nitrogens with zero attached hydrogens (tertiary/aromatic N) is 2. The first kappa shape index (κ1) is 24.1. The Hall–Kier alpha value is -3.59. The summed E-state index contributed by atoms with van der Waals surface area (Å²) in [7, 11) is 1.50. The quantitative estimate of drug-likeness (QED) is 0.338. The number of methoxy groups -OCH3 is 1. The normalized spacial score (nSPS) is 10.5. The first-order chi connectivity index (χ1) is 16.0. The maximum absolute atomic E-state index is 12.4. The summed E-state index contributed by atoms with van der Waals surface area (Å²) in [6.07, 6.45) is 2.21. The van der Waals surface area contributed by atoms with E-state index in [0.29, 0.717) is 40.4 Å². The second kappa shape index (κ2) is 11.9. The maximum atomic E-state index is 12.4. The highest BCUT2D eigenvalue weighted by atomic mass is 35.5. The van der Waals surface area contributed by atoms with Crippen LogP contribution in [-0.2, 0) is 11.2 Å². The van der Waals surface area contributed by atoms with Crippen LogP contribution in [0.2, 0.25) is 5.02 Å². The van der Waals surface area contributed by atoms with Crippen molar-refractivity contribution in [3.63, 3.8) is 0 Å². The third-order valence-corrected chi connectivity index (χ3v) is 4.89. The Morgan fingerprint density at radius 2 is 1.88 bits per heavy atom. The van der Waals surface area contributed by atoms with E-state index < -0.39 is 11.8 Å². The predicted molar refractivity (Wildman–Crippen MR) is 122 cm³/mol. The molecule has 0 fully saturated rings. The fourth-order valence-corrected chi connectivity index (χ4v) is 2.93. The zero-order valence-corrected chi connectivity index (χ0v) is 19.1. The van der Waals surface area contributed by atoms with Crippen molar-refractivity contribution < 1.29 is 23.6 Å². The van der Waals surface area contributed by atoms with E-state index >= 15 is 0 Å². The van der Waals surface area contributed by atoms with Crippen LogP contribution in [0.25, 0.3) is 11.4 Å². The van der Waals surface area contributed by atoms with Crippen molar-refractivity contribution in [2.24, 2.45) is 0 Å². The van der Waals surface area contributed by atoms with Crippen LogP contribution in [0.15, 0.2) is 47.0 Å². The average molecular weight is 473 g/mol. The van der Waals surface area contributed by atoms with E-state index in [2.05, 4.69) is 27.9 Å². The summed E-state index contributed by atoms with van der Waals surface area (Å²) in [6.45, 7) is 2.64. The highest BCUT2D eigenvalue weighted by Gasteiger charge is 2.14. The van der Waals surface area contributed by atoms with Crippen molar-refractivity contribution >= 4 is 23.4 Å². The molecule has 9 nitrogen and oxygen atoms in total. The minimum Gasteiger partial charge on any atom is -0.493 e. The molecule has 0 aliphatic rings. The first-order valence-corrected chi connectivity index (χ1v) is 10.9. The van der Waals surface area contributed by atoms with Gasteiger partial charge in [-0.25, -0.2) is 0 Å². The van der Waals surface area contributed by atoms with Crippen LogP contribution in [0.3, 0.4) is 0 Å². The fourth-order valence-electron chi connectivity index (χ4n) is 2.81. The monoisotopic (exact) mass is 472 g/mol. The molecule has 0 spiro atoms. The number of carbonyl (C=O) groups is 2. The summed E-state index contributed by atoms with van der Waals surface area (Å²) in [5.41, 5.74) is 5.83. The summed E-state index contributed by atoms with van der Waals surface area (Å²) in [5, 5.41) is 4.51. The number of benzene rings is 2. The molecule has 2 amide bonds. The Morgan fingerprint density at radius 1 is 1.09 bits per heavy atom. The van der Waals surface area contributed by atoms with E-state index in [0.717, 1.165) is 18.4 Å². The van der Waals surface area contributed by atoms with Crippen molar-refractivity contribution in [2.45, 2.75) is 32.6 Å². The Balaban J connectivity index is 1.47. The van der Waals surface area contributed by atoms with Crippen LogP contribution in [-0.4, -0.2) is 35.7 Å². The van der Waals surface area contributed by atoms with Gasteiger partial charge < -0.3 is 14.0 Å². The van der Waals surface area contributed by atoms with Crippen molar-refractivity contribution in [3.8, 4) is 22.9 Å². The van der Waals surface area contributed by atoms with Crippen LogP contribution in [0.1, 0.15) is 42.4 Å². The third-order valence-electron chi connectivity index (χ3n) is 4.63. The number of aryl methyl sites for hydroxylation is 1. The number of ether oxygens (including phenoxy) is 2. The van der Waals surface area contributed by atoms with Crippen LogP contribution >= 0.6 is 11.6 Å². The molecule has 3 aromatic rings. The molecule has 0 atom stereocenters. The molecule has 0 aliphatic heterocycles. The highest BCUT2D eigenvalue weighted by Crippen LogP contribution is 2.28. The van der Waals surface area contributed by atoms with Crippen molar-refractivity contribution in [1.82, 2.24) is 21.0 Å². The van der Waals surface area contributed by atoms with Gasteiger partial charge in [-0.15, -0.1) is 0 Å². The number of carbonyl (C=O) groups excluding carboxylic acids is 2. The minimum absolute atomic E-state index is 0.0516. The van der Waals surface area contributed by atoms with Gasteiger partial charge in [0.05, 0.1) is 13.7 Å². The Morgan fingerprint density at radius 3 is 2.61 bits per heavy atom. The third kappa shape index (κ3) is 6.95. The number of aromatic nitrogens is 2. The summed E-state index contributed by atoms with van der Waals surface area (Å²) < 4.78 is 16.1. The SMILES string of the molecule is CCCCOc1ccc(C(=O)NNC(=O)CCc2nc(-c3ccc(Cl)cc3)no2)cc1OC. The van der Waals surface area contributed by atoms with Crippen molar-refractivity contribution in [2.75, 3.05) is 13.7 Å². The molecule has 0 bridgehead atoms. The van der Waals surface area contributed by atoms with E-state index in [1.165, 1.54) is 7.11 Å². The number of hydrogen-bond acceptors (Lipinski definition) is 7. The Labute approximate surface area is 196 Å². The number of hydrogen-bond donors (Lipinski definition) is 2. The van der Waals surface area contributed by atoms with Gasteiger partial charge in [0, 0.05) is 29.0 Å². The summed E-state index contributed by atoms with van der Waals surface area (Å²) in [6, 6.07) is 11.8. The summed E-state index contributed by atoms with van der Waals surface area (Å²) in [4.78, 5) is 28.8. The Kier molecular flexibility index (Phi) is 8.65. The van der Waals surface area contributed by atoms with Crippen molar-refractivity contribution in [3.05, 3.63) is 58.9 Å². The van der Waals surface area contributed by atoms with E-state index in [-0.39, 0.29) is 12.8 Å². The molecule has 1 aromatic heterocycles. The van der Waals surface area contributed by atoms with E-state index in [9.17, 15) is 9.59 Å². The summed E-state index contributed by atoms with van der Waals surface area (Å²) in [5.74, 6) is 0.837. The molecule has 0 radical (unpaired) electrons. The van der Waals surface area contributed by atoms with Gasteiger partial charge >= 0.3 is 0 Å². The lowest BCUT2D eigenvalue weighted by Gasteiger charge is -2.12. The molecule has 1 heterocycles. The molecule has 174 valence electrons. The molecule has 0 saturated carbocycles. The molecular formula is C23H25ClN4O5. The number of rotatable bonds is 10. The predicted octanol–water partition coefficient (Wildman–Crippen LogP) is 3.97. The topological polar surface area (TPSA) is 116 Å². The second-order valence-electron chi connectivity index (χ2n) is 7.09. The average Bonchev–Trinajstić information content (AvgIpc) is 3.31. The minimum atomic E-state index is -0.482. The van der Waals surface area contributed by atoms with Gasteiger partial charge in [-0.3, -0.25) is 20.4 Å². The molecule has 0 saturated heterocycles. The molecule has 0 aliphatic carbocycles. The smallest absolute Gasteiger partial charge is 0.269 e. The van der Waals surface area contributed by atoms with Gasteiger partial charge in [-0.05, 0) is 48.9 Å². The number of halogens is 1. The van der Waals surface area contributed by atoms with Crippen LogP contribution in [0.4, 0.5) is 0 Å². The first-order valence-electron chi connectivity index (χ1n) is 10.5. The van der Waals surface area contributed by atoms with Crippen molar-refractivity contribution in [1.29, 1.82) is 0 Å². The fraction of sp³-hybridized carbons (Fsp3) is 0.304. The maximum Gasteiger partial charge on any atom is 0.269 e. The van der Waals surface area contributed by atoms with Gasteiger partial charge in [0.15, 0.2) is 11.5 Å². The van der Waals surface area contributed by atoms with E-state index in [1.807, 2.05) is 0 Å². The molecule has 0 unspecified atom stereocenters. The van der Waals surface area contributed by atoms with Gasteiger partial charge in [-0.1, -0.05) is 30.1 Å². The van der Waals surface area contributed by atoms with Crippen LogP contribution in [0.5, 0.6) is 11.5 Å². The molecule has 3 rings (SSSR count). The second-order valence-corrected chi connectivity index (χ2v) is 7.53. The molecular weight excluding hydrogens is 448 g/mol. The number of amides is 2. The summed E-state index contributed by atoms with van der Waals surface area (Å²) >= 11 is 5.87. The molecule has 2 aromatic carbocycles. The number of nitrogens with one attached hydrogen (secondary N) is 2. The number of hydrazine groups is 1. The molecule has 10 heteroatoms. The molecule has 33 heavy (non-hydrogen) atoms. The zero-order chi connectivity index (χ0) is 23.6. The lowest BCUT2D eigenvalue weighted by atomic mass is 10.2. The standard InChI is InChI=1S/C23H25ClN4O5/c1-3-4-13-32-18-10-7-16(14-19(18)31-2)23(30)27-26-20(29)11-12-21-25-22(28-33-21)15-5-8-17(24)9-6-15/h5-10,14H,3-4,11-13H2,1-2H3,(H,26,29)(H,27,30).